The zero-order chi connectivity index (χ0) is 19.6. The van der Waals surface area contributed by atoms with Crippen LogP contribution in [0.4, 0.5) is 11.5 Å². The number of hydrogen-bond acceptors (Lipinski definition) is 7. The predicted octanol–water partition coefficient (Wildman–Crippen LogP) is 2.43. The van der Waals surface area contributed by atoms with E-state index in [1.54, 1.807) is 16.9 Å². The lowest BCUT2D eigenvalue weighted by atomic mass is 10.1. The predicted molar refractivity (Wildman–Crippen MR) is 108 cm³/mol. The van der Waals surface area contributed by atoms with Crippen molar-refractivity contribution in [1.29, 1.82) is 0 Å². The maximum atomic E-state index is 12.7. The Morgan fingerprint density at radius 2 is 1.93 bits per heavy atom. The van der Waals surface area contributed by atoms with Crippen molar-refractivity contribution in [3.8, 4) is 11.3 Å². The second-order valence-electron chi connectivity index (χ2n) is 6.84. The van der Waals surface area contributed by atoms with E-state index in [-0.39, 0.29) is 5.91 Å². The lowest BCUT2D eigenvalue weighted by Crippen LogP contribution is -2.21. The SMILES string of the molecule is O=C(Nc1cccc(-c2ccc3nncn3n2)c1)c1cc(N2CCCC2)ncn1. The summed E-state index contributed by atoms with van der Waals surface area (Å²) in [4.78, 5) is 23.3. The Kier molecular flexibility index (Phi) is 4.32. The van der Waals surface area contributed by atoms with Crippen LogP contribution in [-0.4, -0.2) is 48.8 Å². The van der Waals surface area contributed by atoms with Gasteiger partial charge in [-0.3, -0.25) is 4.79 Å². The van der Waals surface area contributed by atoms with Crippen molar-refractivity contribution >= 4 is 23.1 Å². The largest absolute Gasteiger partial charge is 0.357 e. The van der Waals surface area contributed by atoms with Gasteiger partial charge in [0.15, 0.2) is 5.65 Å². The summed E-state index contributed by atoms with van der Waals surface area (Å²) in [7, 11) is 0. The number of carbonyl (C=O) groups is 1. The van der Waals surface area contributed by atoms with Crippen molar-refractivity contribution in [2.75, 3.05) is 23.3 Å². The van der Waals surface area contributed by atoms with E-state index in [2.05, 4.69) is 35.5 Å². The first-order chi connectivity index (χ1) is 14.3. The molecule has 0 aliphatic carbocycles. The molecule has 9 nitrogen and oxygen atoms in total. The molecular formula is C20H18N8O. The first kappa shape index (κ1) is 17.2. The Bertz CT molecular complexity index is 1180. The maximum Gasteiger partial charge on any atom is 0.274 e. The highest BCUT2D eigenvalue weighted by Crippen LogP contribution is 2.22. The smallest absolute Gasteiger partial charge is 0.274 e. The molecule has 0 radical (unpaired) electrons. The van der Waals surface area contributed by atoms with Gasteiger partial charge in [-0.2, -0.15) is 9.61 Å². The summed E-state index contributed by atoms with van der Waals surface area (Å²) in [5.41, 5.74) is 3.32. The van der Waals surface area contributed by atoms with Gasteiger partial charge in [-0.1, -0.05) is 12.1 Å². The topological polar surface area (TPSA) is 101 Å². The van der Waals surface area contributed by atoms with Gasteiger partial charge in [0, 0.05) is 30.4 Å². The highest BCUT2D eigenvalue weighted by molar-refractivity contribution is 6.03. The van der Waals surface area contributed by atoms with Gasteiger partial charge in [-0.15, -0.1) is 10.2 Å². The highest BCUT2D eigenvalue weighted by atomic mass is 16.1. The first-order valence-corrected chi connectivity index (χ1v) is 9.42. The average molecular weight is 386 g/mol. The van der Waals surface area contributed by atoms with E-state index in [0.717, 1.165) is 43.0 Å². The van der Waals surface area contributed by atoms with E-state index in [0.29, 0.717) is 17.0 Å². The Labute approximate surface area is 166 Å². The van der Waals surface area contributed by atoms with Gasteiger partial charge in [-0.25, -0.2) is 9.97 Å². The normalized spacial score (nSPS) is 13.7. The molecule has 0 spiro atoms. The number of nitrogens with one attached hydrogen (secondary N) is 1. The summed E-state index contributed by atoms with van der Waals surface area (Å²) in [6.45, 7) is 1.92. The molecule has 1 amide bonds. The van der Waals surface area contributed by atoms with Crippen LogP contribution in [0.25, 0.3) is 16.9 Å². The van der Waals surface area contributed by atoms with Gasteiger partial charge >= 0.3 is 0 Å². The number of nitrogens with zero attached hydrogens (tertiary/aromatic N) is 7. The molecule has 0 unspecified atom stereocenters. The summed E-state index contributed by atoms with van der Waals surface area (Å²) < 4.78 is 1.61. The molecule has 144 valence electrons. The number of anilines is 2. The minimum Gasteiger partial charge on any atom is -0.357 e. The van der Waals surface area contributed by atoms with Crippen molar-refractivity contribution in [1.82, 2.24) is 29.8 Å². The summed E-state index contributed by atoms with van der Waals surface area (Å²) >= 11 is 0. The zero-order valence-electron chi connectivity index (χ0n) is 15.6. The van der Waals surface area contributed by atoms with Gasteiger partial charge in [0.05, 0.1) is 5.69 Å². The number of hydrogen-bond donors (Lipinski definition) is 1. The summed E-state index contributed by atoms with van der Waals surface area (Å²) in [6.07, 6.45) is 5.29. The summed E-state index contributed by atoms with van der Waals surface area (Å²) in [5, 5.41) is 15.2. The number of fused-ring (bicyclic) bond motifs is 1. The van der Waals surface area contributed by atoms with Crippen LogP contribution in [0.5, 0.6) is 0 Å². The molecular weight excluding hydrogens is 368 g/mol. The standard InChI is InChI=1S/C20H18N8O/c29-20(17-11-19(22-12-21-17)27-8-1-2-9-27)24-15-5-3-4-14(10-15)16-6-7-18-25-23-13-28(18)26-16/h3-7,10-13H,1-2,8-9H2,(H,24,29). The van der Waals surface area contributed by atoms with Crippen LogP contribution in [0.2, 0.25) is 0 Å². The lowest BCUT2D eigenvalue weighted by molar-refractivity contribution is 0.102. The van der Waals surface area contributed by atoms with Gasteiger partial charge in [0.25, 0.3) is 5.91 Å². The monoisotopic (exact) mass is 386 g/mol. The van der Waals surface area contributed by atoms with Crippen LogP contribution < -0.4 is 10.2 Å². The fourth-order valence-corrected chi connectivity index (χ4v) is 3.42. The molecule has 1 saturated heterocycles. The molecule has 9 heteroatoms. The molecule has 1 N–H and O–H groups in total. The third-order valence-electron chi connectivity index (χ3n) is 4.89. The van der Waals surface area contributed by atoms with Crippen LogP contribution in [0.15, 0.2) is 55.1 Å². The second-order valence-corrected chi connectivity index (χ2v) is 6.84. The number of carbonyl (C=O) groups excluding carboxylic acids is 1. The molecule has 4 heterocycles. The number of benzene rings is 1. The van der Waals surface area contributed by atoms with Gasteiger partial charge in [0.1, 0.15) is 24.2 Å². The molecule has 1 aliphatic heterocycles. The molecule has 1 fully saturated rings. The van der Waals surface area contributed by atoms with Gasteiger partial charge in [-0.05, 0) is 37.1 Å². The fourth-order valence-electron chi connectivity index (χ4n) is 3.42. The Balaban J connectivity index is 1.37. The summed E-state index contributed by atoms with van der Waals surface area (Å²) in [6, 6.07) is 13.0. The van der Waals surface area contributed by atoms with E-state index >= 15 is 0 Å². The Hall–Kier alpha value is -3.88. The molecule has 29 heavy (non-hydrogen) atoms. The minimum absolute atomic E-state index is 0.271. The van der Waals surface area contributed by atoms with Gasteiger partial charge in [0.2, 0.25) is 0 Å². The van der Waals surface area contributed by atoms with Crippen LogP contribution in [0.1, 0.15) is 23.3 Å². The molecule has 0 atom stereocenters. The van der Waals surface area contributed by atoms with Crippen molar-refractivity contribution in [3.63, 3.8) is 0 Å². The quantitative estimate of drug-likeness (QED) is 0.575. The van der Waals surface area contributed by atoms with Crippen LogP contribution >= 0.6 is 0 Å². The highest BCUT2D eigenvalue weighted by Gasteiger charge is 2.16. The third kappa shape index (κ3) is 3.49. The maximum absolute atomic E-state index is 12.7. The van der Waals surface area contributed by atoms with Crippen molar-refractivity contribution in [2.45, 2.75) is 12.8 Å². The van der Waals surface area contributed by atoms with E-state index in [1.807, 2.05) is 36.4 Å². The molecule has 3 aromatic heterocycles. The van der Waals surface area contributed by atoms with E-state index in [9.17, 15) is 4.79 Å². The Morgan fingerprint density at radius 1 is 1.03 bits per heavy atom. The van der Waals surface area contributed by atoms with Crippen molar-refractivity contribution in [3.05, 3.63) is 60.8 Å². The molecule has 1 aliphatic rings. The van der Waals surface area contributed by atoms with Crippen LogP contribution in [0.3, 0.4) is 0 Å². The van der Waals surface area contributed by atoms with Crippen LogP contribution in [-0.2, 0) is 0 Å². The average Bonchev–Trinajstić information content (AvgIpc) is 3.45. The van der Waals surface area contributed by atoms with E-state index in [4.69, 9.17) is 0 Å². The molecule has 5 rings (SSSR count). The third-order valence-corrected chi connectivity index (χ3v) is 4.89. The summed E-state index contributed by atoms with van der Waals surface area (Å²) in [5.74, 6) is 0.523. The molecule has 1 aromatic carbocycles. The Morgan fingerprint density at radius 3 is 2.83 bits per heavy atom. The number of rotatable bonds is 4. The zero-order valence-corrected chi connectivity index (χ0v) is 15.6. The fraction of sp³-hybridized carbons (Fsp3) is 0.200. The van der Waals surface area contributed by atoms with Gasteiger partial charge < -0.3 is 10.2 Å². The number of aromatic nitrogens is 6. The second kappa shape index (κ2) is 7.27. The molecule has 0 bridgehead atoms. The van der Waals surface area contributed by atoms with E-state index < -0.39 is 0 Å². The van der Waals surface area contributed by atoms with Crippen molar-refractivity contribution in [2.24, 2.45) is 0 Å². The van der Waals surface area contributed by atoms with Crippen LogP contribution in [0, 0.1) is 0 Å². The lowest BCUT2D eigenvalue weighted by Gasteiger charge is -2.16. The van der Waals surface area contributed by atoms with E-state index in [1.165, 1.54) is 6.33 Å². The van der Waals surface area contributed by atoms with Crippen molar-refractivity contribution < 1.29 is 4.79 Å². The molecule has 4 aromatic rings. The minimum atomic E-state index is -0.271. The first-order valence-electron chi connectivity index (χ1n) is 9.42. The number of amides is 1. The molecule has 0 saturated carbocycles.